The molecule has 2 aromatic rings. The Labute approximate surface area is 153 Å². The summed E-state index contributed by atoms with van der Waals surface area (Å²) < 4.78 is 17.3. The van der Waals surface area contributed by atoms with Gasteiger partial charge in [-0.3, -0.25) is 10.00 Å². The first kappa shape index (κ1) is 17.3. The number of nitrogens with one attached hydrogen (secondary N) is 1. The van der Waals surface area contributed by atoms with Crippen LogP contribution in [0.5, 0.6) is 11.5 Å². The normalized spacial score (nSPS) is 19.3. The number of methoxy groups -OCH3 is 2. The van der Waals surface area contributed by atoms with Crippen molar-refractivity contribution < 1.29 is 14.2 Å². The highest BCUT2D eigenvalue weighted by Gasteiger charge is 2.41. The highest BCUT2D eigenvalue weighted by atomic mass is 16.5. The van der Waals surface area contributed by atoms with Gasteiger partial charge in [0.15, 0.2) is 17.3 Å². The van der Waals surface area contributed by atoms with Gasteiger partial charge in [0.2, 0.25) is 0 Å². The van der Waals surface area contributed by atoms with E-state index in [4.69, 9.17) is 14.2 Å². The fraction of sp³-hybridized carbons (Fsp3) is 0.579. The third kappa shape index (κ3) is 3.05. The molecule has 140 valence electrons. The van der Waals surface area contributed by atoms with Gasteiger partial charge in [-0.25, -0.2) is 4.98 Å². The fourth-order valence-corrected chi connectivity index (χ4v) is 4.13. The van der Waals surface area contributed by atoms with Crippen LogP contribution in [0.25, 0.3) is 0 Å². The Bertz CT molecular complexity index is 781. The molecule has 7 heteroatoms. The number of aromatic nitrogens is 3. The van der Waals surface area contributed by atoms with E-state index in [0.717, 1.165) is 68.7 Å². The molecule has 3 heterocycles. The number of rotatable bonds is 4. The van der Waals surface area contributed by atoms with Crippen LogP contribution >= 0.6 is 0 Å². The molecular formula is C19H26N4O3. The molecule has 1 N–H and O–H groups in total. The van der Waals surface area contributed by atoms with Crippen molar-refractivity contribution in [2.24, 2.45) is 0 Å². The third-order valence-corrected chi connectivity index (χ3v) is 5.52. The third-order valence-electron chi connectivity index (χ3n) is 5.52. The van der Waals surface area contributed by atoms with Crippen molar-refractivity contribution in [3.63, 3.8) is 0 Å². The average Bonchev–Trinajstić information content (AvgIpc) is 3.07. The maximum atomic E-state index is 6.35. The maximum Gasteiger partial charge on any atom is 0.164 e. The van der Waals surface area contributed by atoms with Gasteiger partial charge < -0.3 is 14.2 Å². The number of ether oxygens (including phenoxy) is 3. The highest BCUT2D eigenvalue weighted by molar-refractivity contribution is 5.50. The largest absolute Gasteiger partial charge is 0.493 e. The minimum Gasteiger partial charge on any atom is -0.493 e. The van der Waals surface area contributed by atoms with Crippen molar-refractivity contribution in [1.29, 1.82) is 0 Å². The molecule has 1 spiro atoms. The minimum absolute atomic E-state index is 0.224. The van der Waals surface area contributed by atoms with Crippen molar-refractivity contribution >= 4 is 0 Å². The Kier molecular flexibility index (Phi) is 4.58. The van der Waals surface area contributed by atoms with Gasteiger partial charge in [0.1, 0.15) is 5.82 Å². The first-order valence-corrected chi connectivity index (χ1v) is 9.13. The van der Waals surface area contributed by atoms with E-state index in [1.807, 2.05) is 6.92 Å². The van der Waals surface area contributed by atoms with Crippen LogP contribution in [-0.4, -0.2) is 54.0 Å². The molecule has 0 radical (unpaired) electrons. The maximum absolute atomic E-state index is 6.35. The average molecular weight is 358 g/mol. The van der Waals surface area contributed by atoms with Crippen LogP contribution in [0.3, 0.4) is 0 Å². The smallest absolute Gasteiger partial charge is 0.164 e. The van der Waals surface area contributed by atoms with Crippen molar-refractivity contribution in [3.05, 3.63) is 34.9 Å². The van der Waals surface area contributed by atoms with Gasteiger partial charge in [-0.15, -0.1) is 0 Å². The molecule has 7 nitrogen and oxygen atoms in total. The van der Waals surface area contributed by atoms with E-state index in [1.54, 1.807) is 14.2 Å². The van der Waals surface area contributed by atoms with Gasteiger partial charge in [-0.2, -0.15) is 5.10 Å². The van der Waals surface area contributed by atoms with Gasteiger partial charge in [0, 0.05) is 13.1 Å². The highest BCUT2D eigenvalue weighted by Crippen LogP contribution is 2.45. The number of benzene rings is 1. The standard InChI is InChI=1S/C19H26N4O3/c1-13-20-18(22-21-13)12-23-7-5-19(6-8-23)15-11-17(25-3)16(24-2)10-14(15)4-9-26-19/h10-11H,4-9,12H2,1-3H3,(H,20,21,22). The molecular weight excluding hydrogens is 332 g/mol. The van der Waals surface area contributed by atoms with E-state index in [9.17, 15) is 0 Å². The van der Waals surface area contributed by atoms with Gasteiger partial charge in [0.05, 0.1) is 33.0 Å². The molecule has 0 unspecified atom stereocenters. The number of piperidine rings is 1. The predicted molar refractivity (Wildman–Crippen MR) is 96.5 cm³/mol. The van der Waals surface area contributed by atoms with Crippen molar-refractivity contribution in [2.75, 3.05) is 33.9 Å². The zero-order chi connectivity index (χ0) is 18.1. The molecule has 2 aliphatic rings. The summed E-state index contributed by atoms with van der Waals surface area (Å²) >= 11 is 0. The summed E-state index contributed by atoms with van der Waals surface area (Å²) in [4.78, 5) is 6.81. The van der Waals surface area contributed by atoms with Crippen LogP contribution in [0.4, 0.5) is 0 Å². The predicted octanol–water partition coefficient (Wildman–Crippen LogP) is 2.19. The summed E-state index contributed by atoms with van der Waals surface area (Å²) in [6, 6.07) is 4.23. The molecule has 0 saturated carbocycles. The lowest BCUT2D eigenvalue weighted by Crippen LogP contribution is -2.46. The Morgan fingerprint density at radius 1 is 1.19 bits per heavy atom. The van der Waals surface area contributed by atoms with E-state index >= 15 is 0 Å². The van der Waals surface area contributed by atoms with Crippen LogP contribution < -0.4 is 9.47 Å². The van der Waals surface area contributed by atoms with E-state index in [0.29, 0.717) is 0 Å². The summed E-state index contributed by atoms with van der Waals surface area (Å²) in [5.74, 6) is 3.28. The lowest BCUT2D eigenvalue weighted by Gasteiger charge is -2.45. The first-order chi connectivity index (χ1) is 12.6. The zero-order valence-electron chi connectivity index (χ0n) is 15.7. The molecule has 0 atom stereocenters. The quantitative estimate of drug-likeness (QED) is 0.903. The molecule has 2 aliphatic heterocycles. The molecule has 0 bridgehead atoms. The Morgan fingerprint density at radius 2 is 1.92 bits per heavy atom. The lowest BCUT2D eigenvalue weighted by molar-refractivity contribution is -0.0992. The molecule has 1 fully saturated rings. The number of hydrogen-bond donors (Lipinski definition) is 1. The van der Waals surface area contributed by atoms with Crippen LogP contribution in [-0.2, 0) is 23.3 Å². The lowest BCUT2D eigenvalue weighted by atomic mass is 9.79. The topological polar surface area (TPSA) is 72.5 Å². The number of aryl methyl sites for hydroxylation is 1. The molecule has 0 amide bonds. The van der Waals surface area contributed by atoms with E-state index < -0.39 is 0 Å². The second kappa shape index (κ2) is 6.89. The van der Waals surface area contributed by atoms with Crippen molar-refractivity contribution in [2.45, 2.75) is 38.3 Å². The number of H-pyrrole nitrogens is 1. The van der Waals surface area contributed by atoms with Gasteiger partial charge >= 0.3 is 0 Å². The van der Waals surface area contributed by atoms with E-state index in [-0.39, 0.29) is 5.60 Å². The van der Waals surface area contributed by atoms with Crippen LogP contribution in [0.15, 0.2) is 12.1 Å². The molecule has 26 heavy (non-hydrogen) atoms. The Morgan fingerprint density at radius 3 is 2.58 bits per heavy atom. The number of fused-ring (bicyclic) bond motifs is 2. The van der Waals surface area contributed by atoms with Gasteiger partial charge in [0.25, 0.3) is 0 Å². The number of likely N-dealkylation sites (tertiary alicyclic amines) is 1. The van der Waals surface area contributed by atoms with E-state index in [2.05, 4.69) is 32.2 Å². The first-order valence-electron chi connectivity index (χ1n) is 9.13. The van der Waals surface area contributed by atoms with Crippen LogP contribution in [0, 0.1) is 6.92 Å². The zero-order valence-corrected chi connectivity index (χ0v) is 15.7. The number of aromatic amines is 1. The van der Waals surface area contributed by atoms with Crippen LogP contribution in [0.1, 0.15) is 35.6 Å². The van der Waals surface area contributed by atoms with E-state index in [1.165, 1.54) is 11.1 Å². The van der Waals surface area contributed by atoms with Crippen LogP contribution in [0.2, 0.25) is 0 Å². The number of nitrogens with zero attached hydrogens (tertiary/aromatic N) is 3. The summed E-state index contributed by atoms with van der Waals surface area (Å²) in [5.41, 5.74) is 2.35. The molecule has 1 aromatic carbocycles. The minimum atomic E-state index is -0.224. The molecule has 1 saturated heterocycles. The Balaban J connectivity index is 1.54. The fourth-order valence-electron chi connectivity index (χ4n) is 4.13. The summed E-state index contributed by atoms with van der Waals surface area (Å²) in [6.07, 6.45) is 2.83. The molecule has 1 aromatic heterocycles. The summed E-state index contributed by atoms with van der Waals surface area (Å²) in [5, 5.41) is 7.17. The second-order valence-corrected chi connectivity index (χ2v) is 7.07. The summed E-state index contributed by atoms with van der Waals surface area (Å²) in [6.45, 7) is 5.38. The summed E-state index contributed by atoms with van der Waals surface area (Å²) in [7, 11) is 3.37. The van der Waals surface area contributed by atoms with Crippen molar-refractivity contribution in [3.8, 4) is 11.5 Å². The van der Waals surface area contributed by atoms with Crippen molar-refractivity contribution in [1.82, 2.24) is 20.1 Å². The SMILES string of the molecule is COc1cc2c(cc1OC)C1(CCN(Cc3n[nH]c(C)n3)CC1)OCC2. The van der Waals surface area contributed by atoms with Gasteiger partial charge in [-0.05, 0) is 49.4 Å². The monoisotopic (exact) mass is 358 g/mol. The second-order valence-electron chi connectivity index (χ2n) is 7.07. The van der Waals surface area contributed by atoms with Gasteiger partial charge in [-0.1, -0.05) is 0 Å². The Hall–Kier alpha value is -2.12. The molecule has 0 aliphatic carbocycles. The molecule has 4 rings (SSSR count). The number of hydrogen-bond acceptors (Lipinski definition) is 6.